The van der Waals surface area contributed by atoms with E-state index in [1.807, 2.05) is 0 Å². The Hall–Kier alpha value is -3.48. The van der Waals surface area contributed by atoms with Crippen molar-refractivity contribution < 1.29 is 14.3 Å². The molecule has 3 aromatic rings. The molecule has 2 heterocycles. The van der Waals surface area contributed by atoms with Crippen molar-refractivity contribution in [3.63, 3.8) is 0 Å². The smallest absolute Gasteiger partial charge is 0.338 e. The highest BCUT2D eigenvalue weighted by molar-refractivity contribution is 6.04. The SMILES string of the molecule is CCOC(=O)c1cccc(NC(=O)c2cnc3ccccn3c2=O)c1. The van der Waals surface area contributed by atoms with Crippen LogP contribution in [0.5, 0.6) is 0 Å². The number of nitrogens with one attached hydrogen (secondary N) is 1. The van der Waals surface area contributed by atoms with Crippen LogP contribution in [-0.4, -0.2) is 27.9 Å². The van der Waals surface area contributed by atoms with Gasteiger partial charge < -0.3 is 10.1 Å². The predicted octanol–water partition coefficient (Wildman–Crippen LogP) is 2.12. The molecule has 126 valence electrons. The van der Waals surface area contributed by atoms with E-state index in [0.717, 1.165) is 0 Å². The highest BCUT2D eigenvalue weighted by Crippen LogP contribution is 2.12. The first-order chi connectivity index (χ1) is 12.1. The molecular formula is C18H15N3O4. The molecule has 0 saturated carbocycles. The summed E-state index contributed by atoms with van der Waals surface area (Å²) in [5.74, 6) is -1.08. The Morgan fingerprint density at radius 2 is 2.04 bits per heavy atom. The summed E-state index contributed by atoms with van der Waals surface area (Å²) < 4.78 is 6.22. The van der Waals surface area contributed by atoms with Crippen LogP contribution in [0.2, 0.25) is 0 Å². The van der Waals surface area contributed by atoms with E-state index in [2.05, 4.69) is 10.3 Å². The van der Waals surface area contributed by atoms with Gasteiger partial charge in [-0.2, -0.15) is 0 Å². The Morgan fingerprint density at radius 3 is 2.84 bits per heavy atom. The minimum atomic E-state index is -0.600. The maximum absolute atomic E-state index is 12.4. The molecule has 1 N–H and O–H groups in total. The Balaban J connectivity index is 1.88. The third-order valence-corrected chi connectivity index (χ3v) is 3.49. The van der Waals surface area contributed by atoms with E-state index in [1.54, 1.807) is 49.5 Å². The van der Waals surface area contributed by atoms with E-state index in [4.69, 9.17) is 4.74 Å². The molecule has 7 nitrogen and oxygen atoms in total. The molecule has 0 aliphatic carbocycles. The van der Waals surface area contributed by atoms with Gasteiger partial charge in [0.1, 0.15) is 11.2 Å². The molecule has 3 rings (SSSR count). The van der Waals surface area contributed by atoms with E-state index < -0.39 is 17.4 Å². The third-order valence-electron chi connectivity index (χ3n) is 3.49. The van der Waals surface area contributed by atoms with Gasteiger partial charge in [-0.3, -0.25) is 14.0 Å². The average Bonchev–Trinajstić information content (AvgIpc) is 2.62. The van der Waals surface area contributed by atoms with Crippen molar-refractivity contribution in [3.05, 3.63) is 76.3 Å². The van der Waals surface area contributed by atoms with E-state index in [-0.39, 0.29) is 12.2 Å². The normalized spacial score (nSPS) is 10.4. The van der Waals surface area contributed by atoms with Gasteiger partial charge in [0, 0.05) is 18.1 Å². The molecule has 7 heteroatoms. The second-order valence-electron chi connectivity index (χ2n) is 5.16. The molecule has 25 heavy (non-hydrogen) atoms. The van der Waals surface area contributed by atoms with Gasteiger partial charge in [-0.1, -0.05) is 12.1 Å². The molecule has 0 aliphatic heterocycles. The predicted molar refractivity (Wildman–Crippen MR) is 91.8 cm³/mol. The van der Waals surface area contributed by atoms with Crippen LogP contribution in [0.25, 0.3) is 5.65 Å². The standard InChI is InChI=1S/C18H15N3O4/c1-2-25-18(24)12-6-5-7-13(10-12)20-16(22)14-11-19-15-8-3-4-9-21(15)17(14)23/h3-11H,2H2,1H3,(H,20,22). The van der Waals surface area contributed by atoms with Crippen molar-refractivity contribution in [2.24, 2.45) is 0 Å². The van der Waals surface area contributed by atoms with Crippen molar-refractivity contribution in [2.75, 3.05) is 11.9 Å². The summed E-state index contributed by atoms with van der Waals surface area (Å²) in [5, 5.41) is 2.60. The largest absolute Gasteiger partial charge is 0.462 e. The molecule has 0 radical (unpaired) electrons. The molecule has 0 saturated heterocycles. The van der Waals surface area contributed by atoms with Crippen LogP contribution in [0.1, 0.15) is 27.6 Å². The number of aromatic nitrogens is 2. The van der Waals surface area contributed by atoms with E-state index in [0.29, 0.717) is 16.9 Å². The summed E-state index contributed by atoms with van der Waals surface area (Å²) in [6, 6.07) is 11.4. The van der Waals surface area contributed by atoms with Crippen LogP contribution in [-0.2, 0) is 4.74 Å². The fraction of sp³-hybridized carbons (Fsp3) is 0.111. The number of nitrogens with zero attached hydrogens (tertiary/aromatic N) is 2. The zero-order valence-corrected chi connectivity index (χ0v) is 13.4. The molecule has 0 atom stereocenters. The van der Waals surface area contributed by atoms with Crippen LogP contribution in [0.15, 0.2) is 59.7 Å². The molecule has 2 aromatic heterocycles. The first-order valence-corrected chi connectivity index (χ1v) is 7.65. The van der Waals surface area contributed by atoms with Crippen molar-refractivity contribution in [1.29, 1.82) is 0 Å². The molecule has 0 bridgehead atoms. The van der Waals surface area contributed by atoms with Gasteiger partial charge in [0.15, 0.2) is 0 Å². The van der Waals surface area contributed by atoms with Gasteiger partial charge in [-0.05, 0) is 37.3 Å². The van der Waals surface area contributed by atoms with Gasteiger partial charge in [0.25, 0.3) is 11.5 Å². The van der Waals surface area contributed by atoms with E-state index in [9.17, 15) is 14.4 Å². The quantitative estimate of drug-likeness (QED) is 0.737. The Labute approximate surface area is 142 Å². The van der Waals surface area contributed by atoms with Crippen LogP contribution < -0.4 is 10.9 Å². The lowest BCUT2D eigenvalue weighted by Gasteiger charge is -2.08. The van der Waals surface area contributed by atoms with Gasteiger partial charge in [-0.15, -0.1) is 0 Å². The number of rotatable bonds is 4. The Morgan fingerprint density at radius 1 is 1.20 bits per heavy atom. The number of amides is 1. The number of hydrogen-bond donors (Lipinski definition) is 1. The Kier molecular flexibility index (Phi) is 4.56. The average molecular weight is 337 g/mol. The number of benzene rings is 1. The minimum absolute atomic E-state index is 0.0924. The number of anilines is 1. The topological polar surface area (TPSA) is 89.8 Å². The highest BCUT2D eigenvalue weighted by Gasteiger charge is 2.14. The number of carbonyl (C=O) groups excluding carboxylic acids is 2. The first kappa shape index (κ1) is 16.4. The lowest BCUT2D eigenvalue weighted by Crippen LogP contribution is -2.26. The lowest BCUT2D eigenvalue weighted by atomic mass is 10.2. The van der Waals surface area contributed by atoms with Crippen molar-refractivity contribution in [3.8, 4) is 0 Å². The van der Waals surface area contributed by atoms with Gasteiger partial charge in [0.2, 0.25) is 0 Å². The number of hydrogen-bond acceptors (Lipinski definition) is 5. The van der Waals surface area contributed by atoms with Crippen LogP contribution in [0.4, 0.5) is 5.69 Å². The number of esters is 1. The number of ether oxygens (including phenoxy) is 1. The van der Waals surface area contributed by atoms with Crippen LogP contribution in [0.3, 0.4) is 0 Å². The summed E-state index contributed by atoms with van der Waals surface area (Å²) in [7, 11) is 0. The van der Waals surface area contributed by atoms with Crippen LogP contribution >= 0.6 is 0 Å². The zero-order valence-electron chi connectivity index (χ0n) is 13.4. The molecule has 1 aromatic carbocycles. The fourth-order valence-corrected chi connectivity index (χ4v) is 2.32. The van der Waals surface area contributed by atoms with Crippen molar-refractivity contribution in [2.45, 2.75) is 6.92 Å². The van der Waals surface area contributed by atoms with Crippen molar-refractivity contribution in [1.82, 2.24) is 9.38 Å². The molecule has 0 aliphatic rings. The molecule has 0 fully saturated rings. The third kappa shape index (κ3) is 3.40. The molecular weight excluding hydrogens is 322 g/mol. The highest BCUT2D eigenvalue weighted by atomic mass is 16.5. The molecule has 0 unspecified atom stereocenters. The van der Waals surface area contributed by atoms with Crippen LogP contribution in [0, 0.1) is 0 Å². The summed E-state index contributed by atoms with van der Waals surface area (Å²) in [6.45, 7) is 1.97. The number of carbonyl (C=O) groups is 2. The van der Waals surface area contributed by atoms with Crippen molar-refractivity contribution >= 4 is 23.2 Å². The first-order valence-electron chi connectivity index (χ1n) is 7.65. The maximum Gasteiger partial charge on any atom is 0.338 e. The summed E-state index contributed by atoms with van der Waals surface area (Å²) in [6.07, 6.45) is 2.78. The summed E-state index contributed by atoms with van der Waals surface area (Å²) >= 11 is 0. The summed E-state index contributed by atoms with van der Waals surface area (Å²) in [4.78, 5) is 40.7. The molecule has 0 spiro atoms. The molecule has 1 amide bonds. The number of fused-ring (bicyclic) bond motifs is 1. The minimum Gasteiger partial charge on any atom is -0.462 e. The zero-order chi connectivity index (χ0) is 17.8. The van der Waals surface area contributed by atoms with Gasteiger partial charge >= 0.3 is 5.97 Å². The second kappa shape index (κ2) is 6.96. The fourth-order valence-electron chi connectivity index (χ4n) is 2.32. The monoisotopic (exact) mass is 337 g/mol. The second-order valence-corrected chi connectivity index (χ2v) is 5.16. The lowest BCUT2D eigenvalue weighted by molar-refractivity contribution is 0.0526. The van der Waals surface area contributed by atoms with E-state index in [1.165, 1.54) is 16.7 Å². The number of pyridine rings is 1. The Bertz CT molecular complexity index is 1010. The maximum atomic E-state index is 12.4. The summed E-state index contributed by atoms with van der Waals surface area (Å²) in [5.41, 5.74) is 0.587. The van der Waals surface area contributed by atoms with E-state index >= 15 is 0 Å². The van der Waals surface area contributed by atoms with Gasteiger partial charge in [0.05, 0.1) is 12.2 Å². The van der Waals surface area contributed by atoms with Gasteiger partial charge in [-0.25, -0.2) is 9.78 Å².